The molecule has 0 aliphatic carbocycles. The predicted molar refractivity (Wildman–Crippen MR) is 47.7 cm³/mol. The third-order valence-electron chi connectivity index (χ3n) is 1.82. The number of hydrogen-bond donors (Lipinski definition) is 0. The van der Waals surface area contributed by atoms with Gasteiger partial charge in [-0.25, -0.2) is 0 Å². The first-order valence-electron chi connectivity index (χ1n) is 3.87. The molecule has 1 heteroatoms. The van der Waals surface area contributed by atoms with Crippen LogP contribution in [0.25, 0.3) is 11.1 Å². The van der Waals surface area contributed by atoms with E-state index in [2.05, 4.69) is 12.1 Å². The zero-order valence-electron chi connectivity index (χ0n) is 6.87. The first-order chi connectivity index (χ1) is 5.86. The second-order valence-corrected chi connectivity index (χ2v) is 2.77. The fourth-order valence-electron chi connectivity index (χ4n) is 1.11. The van der Waals surface area contributed by atoms with Gasteiger partial charge >= 0.3 is 0 Å². The molecule has 0 fully saturated rings. The van der Waals surface area contributed by atoms with Gasteiger partial charge in [0.25, 0.3) is 0 Å². The van der Waals surface area contributed by atoms with Crippen molar-refractivity contribution >= 4 is 0 Å². The Labute approximate surface area is 71.6 Å². The fraction of sp³-hybridized carbons (Fsp3) is 0.0909. The van der Waals surface area contributed by atoms with Gasteiger partial charge in [0.05, 0.1) is 12.5 Å². The standard InChI is InChI=1S/C11H9O/c1-9-2-4-10(5-3-9)11-6-7-12-8-11/h2,4-8H,1H3. The summed E-state index contributed by atoms with van der Waals surface area (Å²) in [6.07, 6.45) is 3.41. The normalized spacial score (nSPS) is 10.1. The van der Waals surface area contributed by atoms with Gasteiger partial charge in [0, 0.05) is 5.56 Å². The molecule has 1 aromatic carbocycles. The van der Waals surface area contributed by atoms with E-state index in [9.17, 15) is 0 Å². The highest BCUT2D eigenvalue weighted by molar-refractivity contribution is 5.61. The molecule has 0 bridgehead atoms. The van der Waals surface area contributed by atoms with E-state index in [1.165, 1.54) is 0 Å². The molecule has 1 aromatic heterocycles. The average Bonchev–Trinajstić information content (AvgIpc) is 2.58. The van der Waals surface area contributed by atoms with Gasteiger partial charge in [-0.3, -0.25) is 0 Å². The molecule has 0 saturated carbocycles. The summed E-state index contributed by atoms with van der Waals surface area (Å²) >= 11 is 0. The lowest BCUT2D eigenvalue weighted by atomic mass is 10.1. The molecule has 0 aliphatic rings. The maximum atomic E-state index is 4.99. The van der Waals surface area contributed by atoms with Crippen LogP contribution in [-0.2, 0) is 0 Å². The van der Waals surface area contributed by atoms with Gasteiger partial charge in [0.15, 0.2) is 0 Å². The summed E-state index contributed by atoms with van der Waals surface area (Å²) in [4.78, 5) is 0. The Balaban J connectivity index is 2.43. The van der Waals surface area contributed by atoms with Gasteiger partial charge in [0.2, 0.25) is 0 Å². The minimum Gasteiger partial charge on any atom is -0.472 e. The molecule has 1 radical (unpaired) electrons. The smallest absolute Gasteiger partial charge is 0.0980 e. The van der Waals surface area contributed by atoms with Crippen LogP contribution in [0.1, 0.15) is 5.56 Å². The van der Waals surface area contributed by atoms with Crippen LogP contribution in [0.5, 0.6) is 0 Å². The zero-order chi connectivity index (χ0) is 8.39. The van der Waals surface area contributed by atoms with Gasteiger partial charge in [-0.2, -0.15) is 0 Å². The van der Waals surface area contributed by atoms with E-state index < -0.39 is 0 Å². The molecule has 59 valence electrons. The van der Waals surface area contributed by atoms with Crippen molar-refractivity contribution in [2.24, 2.45) is 0 Å². The highest BCUT2D eigenvalue weighted by Crippen LogP contribution is 2.19. The van der Waals surface area contributed by atoms with Crippen LogP contribution in [-0.4, -0.2) is 0 Å². The highest BCUT2D eigenvalue weighted by Gasteiger charge is 1.96. The molecule has 0 N–H and O–H groups in total. The fourth-order valence-corrected chi connectivity index (χ4v) is 1.11. The van der Waals surface area contributed by atoms with Crippen LogP contribution in [0.3, 0.4) is 0 Å². The molecule has 2 rings (SSSR count). The molecular formula is C11H9O. The van der Waals surface area contributed by atoms with Crippen molar-refractivity contribution in [3.05, 3.63) is 48.4 Å². The Morgan fingerprint density at radius 1 is 1.17 bits per heavy atom. The van der Waals surface area contributed by atoms with Gasteiger partial charge < -0.3 is 4.42 Å². The number of rotatable bonds is 1. The largest absolute Gasteiger partial charge is 0.472 e. The van der Waals surface area contributed by atoms with Crippen LogP contribution < -0.4 is 0 Å². The predicted octanol–water partition coefficient (Wildman–Crippen LogP) is 3.06. The minimum absolute atomic E-state index is 1.10. The summed E-state index contributed by atoms with van der Waals surface area (Å²) < 4.78 is 4.99. The van der Waals surface area contributed by atoms with Crippen LogP contribution >= 0.6 is 0 Å². The SMILES string of the molecule is Cc1[c]cc(-c2ccoc2)cc1. The van der Waals surface area contributed by atoms with E-state index in [-0.39, 0.29) is 0 Å². The van der Waals surface area contributed by atoms with E-state index in [1.54, 1.807) is 12.5 Å². The Hall–Kier alpha value is -1.50. The lowest BCUT2D eigenvalue weighted by Crippen LogP contribution is -1.74. The molecule has 0 spiro atoms. The lowest BCUT2D eigenvalue weighted by Gasteiger charge is -1.95. The van der Waals surface area contributed by atoms with Crippen LogP contribution in [0.2, 0.25) is 0 Å². The van der Waals surface area contributed by atoms with Gasteiger partial charge in [-0.05, 0) is 36.2 Å². The van der Waals surface area contributed by atoms with Crippen molar-refractivity contribution in [3.63, 3.8) is 0 Å². The minimum atomic E-state index is 1.10. The van der Waals surface area contributed by atoms with Crippen LogP contribution in [0.15, 0.2) is 41.2 Å². The second-order valence-electron chi connectivity index (χ2n) is 2.77. The Kier molecular flexibility index (Phi) is 1.71. The monoisotopic (exact) mass is 157 g/mol. The van der Waals surface area contributed by atoms with E-state index >= 15 is 0 Å². The quantitative estimate of drug-likeness (QED) is 0.620. The highest BCUT2D eigenvalue weighted by atomic mass is 16.3. The summed E-state index contributed by atoms with van der Waals surface area (Å²) in [5.41, 5.74) is 3.41. The first-order valence-corrected chi connectivity index (χ1v) is 3.87. The molecular weight excluding hydrogens is 148 g/mol. The molecule has 0 amide bonds. The van der Waals surface area contributed by atoms with E-state index in [1.807, 2.05) is 25.1 Å². The van der Waals surface area contributed by atoms with E-state index in [4.69, 9.17) is 4.42 Å². The number of furan rings is 1. The third-order valence-corrected chi connectivity index (χ3v) is 1.82. The topological polar surface area (TPSA) is 13.1 Å². The summed E-state index contributed by atoms with van der Waals surface area (Å²) in [5.74, 6) is 0. The van der Waals surface area contributed by atoms with Gasteiger partial charge in [-0.1, -0.05) is 12.1 Å². The Morgan fingerprint density at radius 2 is 2.08 bits per heavy atom. The molecule has 0 unspecified atom stereocenters. The van der Waals surface area contributed by atoms with Crippen molar-refractivity contribution in [2.75, 3.05) is 0 Å². The van der Waals surface area contributed by atoms with E-state index in [0.29, 0.717) is 0 Å². The first kappa shape index (κ1) is 7.17. The Morgan fingerprint density at radius 3 is 2.67 bits per heavy atom. The Bertz CT molecular complexity index is 343. The number of hydrogen-bond acceptors (Lipinski definition) is 1. The summed E-state index contributed by atoms with van der Waals surface area (Å²) in [7, 11) is 0. The van der Waals surface area contributed by atoms with Crippen LogP contribution in [0, 0.1) is 13.0 Å². The second kappa shape index (κ2) is 2.86. The maximum absolute atomic E-state index is 4.99. The van der Waals surface area contributed by atoms with Crippen molar-refractivity contribution in [1.29, 1.82) is 0 Å². The molecule has 12 heavy (non-hydrogen) atoms. The summed E-state index contributed by atoms with van der Waals surface area (Å²) in [6, 6.07) is 11.2. The third kappa shape index (κ3) is 1.26. The molecule has 0 aliphatic heterocycles. The summed E-state index contributed by atoms with van der Waals surface area (Å²) in [5, 5.41) is 0. The molecule has 1 nitrogen and oxygen atoms in total. The van der Waals surface area contributed by atoms with Crippen LogP contribution in [0.4, 0.5) is 0 Å². The molecule has 0 saturated heterocycles. The van der Waals surface area contributed by atoms with Gasteiger partial charge in [-0.15, -0.1) is 0 Å². The zero-order valence-corrected chi connectivity index (χ0v) is 6.87. The van der Waals surface area contributed by atoms with Crippen molar-refractivity contribution in [3.8, 4) is 11.1 Å². The molecule has 2 aromatic rings. The van der Waals surface area contributed by atoms with E-state index in [0.717, 1.165) is 16.7 Å². The molecule has 1 heterocycles. The maximum Gasteiger partial charge on any atom is 0.0980 e. The molecule has 0 atom stereocenters. The van der Waals surface area contributed by atoms with Crippen molar-refractivity contribution in [1.82, 2.24) is 0 Å². The number of aryl methyl sites for hydroxylation is 1. The van der Waals surface area contributed by atoms with Crippen molar-refractivity contribution < 1.29 is 4.42 Å². The summed E-state index contributed by atoms with van der Waals surface area (Å²) in [6.45, 7) is 2.03. The lowest BCUT2D eigenvalue weighted by molar-refractivity contribution is 0.568. The van der Waals surface area contributed by atoms with Gasteiger partial charge in [0.1, 0.15) is 0 Å². The average molecular weight is 157 g/mol. The van der Waals surface area contributed by atoms with Crippen molar-refractivity contribution in [2.45, 2.75) is 6.92 Å². The number of benzene rings is 1.